The Kier molecular flexibility index (Phi) is 9.28. The molecule has 1 aliphatic heterocycles. The van der Waals surface area contributed by atoms with E-state index in [-0.39, 0.29) is 18.7 Å². The lowest BCUT2D eigenvalue weighted by Gasteiger charge is -2.34. The number of aliphatic carboxylic acids is 1. The number of piperazine rings is 1. The van der Waals surface area contributed by atoms with E-state index in [0.29, 0.717) is 24.6 Å². The molecule has 0 radical (unpaired) electrons. The number of hydroxylamine groups is 1. The molecule has 10 heteroatoms. The zero-order chi connectivity index (χ0) is 18.8. The highest BCUT2D eigenvalue weighted by molar-refractivity contribution is 7.99. The molecule has 0 aliphatic carbocycles. The van der Waals surface area contributed by atoms with E-state index in [9.17, 15) is 19.2 Å². The topological polar surface area (TPSA) is 116 Å². The number of rotatable bonds is 8. The highest BCUT2D eigenvalue weighted by atomic mass is 32.2. The third kappa shape index (κ3) is 8.73. The molecule has 0 bridgehead atoms. The van der Waals surface area contributed by atoms with Crippen molar-refractivity contribution in [1.29, 1.82) is 0 Å². The first-order valence-electron chi connectivity index (χ1n) is 8.02. The normalized spacial score (nSPS) is 16.2. The van der Waals surface area contributed by atoms with Crippen LogP contribution in [0.2, 0.25) is 0 Å². The quantitative estimate of drug-likeness (QED) is 0.434. The van der Waals surface area contributed by atoms with Gasteiger partial charge in [-0.05, 0) is 7.05 Å². The minimum Gasteiger partial charge on any atom is -0.481 e. The number of hydrogen-bond acceptors (Lipinski definition) is 7. The van der Waals surface area contributed by atoms with Crippen molar-refractivity contribution in [3.8, 4) is 0 Å². The van der Waals surface area contributed by atoms with E-state index in [2.05, 4.69) is 9.74 Å². The molecule has 1 aliphatic rings. The molecule has 2 amide bonds. The Bertz CT molecular complexity index is 494. The Morgan fingerprint density at radius 3 is 2.40 bits per heavy atom. The predicted molar refractivity (Wildman–Crippen MR) is 91.7 cm³/mol. The number of carbonyl (C=O) groups is 4. The summed E-state index contributed by atoms with van der Waals surface area (Å²) in [5, 5.41) is 9.04. The second kappa shape index (κ2) is 10.9. The molecule has 0 aromatic carbocycles. The molecule has 0 aromatic heterocycles. The van der Waals surface area contributed by atoms with E-state index in [0.717, 1.165) is 13.1 Å². The van der Waals surface area contributed by atoms with Gasteiger partial charge in [0.1, 0.15) is 0 Å². The maximum absolute atomic E-state index is 12.5. The van der Waals surface area contributed by atoms with Crippen LogP contribution in [0.25, 0.3) is 0 Å². The van der Waals surface area contributed by atoms with Gasteiger partial charge in [-0.15, -0.1) is 0 Å². The van der Waals surface area contributed by atoms with Crippen LogP contribution in [0, 0.1) is 5.92 Å². The Labute approximate surface area is 151 Å². The number of thioether (sulfide) groups is 1. The molecule has 0 unspecified atom stereocenters. The first-order valence-corrected chi connectivity index (χ1v) is 9.18. The maximum atomic E-state index is 12.5. The van der Waals surface area contributed by atoms with Crippen molar-refractivity contribution in [3.63, 3.8) is 0 Å². The van der Waals surface area contributed by atoms with Gasteiger partial charge < -0.3 is 19.7 Å². The molecule has 1 rings (SSSR count). The lowest BCUT2D eigenvalue weighted by molar-refractivity contribution is -0.157. The highest BCUT2D eigenvalue weighted by Gasteiger charge is 2.28. The van der Waals surface area contributed by atoms with Crippen LogP contribution in [0.3, 0.4) is 0 Å². The molecule has 2 N–H and O–H groups in total. The molecule has 0 spiro atoms. The van der Waals surface area contributed by atoms with Crippen molar-refractivity contribution in [2.45, 2.75) is 19.8 Å². The Hall–Kier alpha value is -1.81. The highest BCUT2D eigenvalue weighted by Crippen LogP contribution is 2.17. The smallest absolute Gasteiger partial charge is 0.333 e. The van der Waals surface area contributed by atoms with Gasteiger partial charge in [0.25, 0.3) is 0 Å². The Morgan fingerprint density at radius 1 is 1.20 bits per heavy atom. The first-order chi connectivity index (χ1) is 11.8. The van der Waals surface area contributed by atoms with Crippen LogP contribution in [-0.2, 0) is 24.0 Å². The van der Waals surface area contributed by atoms with Crippen LogP contribution in [0.1, 0.15) is 19.8 Å². The van der Waals surface area contributed by atoms with Crippen LogP contribution in [0.15, 0.2) is 0 Å². The van der Waals surface area contributed by atoms with Crippen molar-refractivity contribution in [2.24, 2.45) is 5.92 Å². The van der Waals surface area contributed by atoms with Crippen LogP contribution < -0.4 is 5.48 Å². The summed E-state index contributed by atoms with van der Waals surface area (Å²) in [5.74, 6) is -2.13. The number of carboxylic acids is 1. The summed E-state index contributed by atoms with van der Waals surface area (Å²) in [6.07, 6.45) is -0.165. The number of nitrogens with zero attached hydrogens (tertiary/aromatic N) is 2. The van der Waals surface area contributed by atoms with E-state index in [1.54, 1.807) is 4.90 Å². The second-order valence-corrected chi connectivity index (χ2v) is 7.03. The van der Waals surface area contributed by atoms with Gasteiger partial charge in [-0.3, -0.25) is 14.4 Å². The maximum Gasteiger partial charge on any atom is 0.333 e. The largest absolute Gasteiger partial charge is 0.481 e. The molecule has 1 heterocycles. The molecule has 0 aromatic rings. The van der Waals surface area contributed by atoms with Crippen molar-refractivity contribution in [3.05, 3.63) is 0 Å². The predicted octanol–water partition coefficient (Wildman–Crippen LogP) is -0.431. The van der Waals surface area contributed by atoms with Gasteiger partial charge in [0.15, 0.2) is 0 Å². The number of likely N-dealkylation sites (N-methyl/N-ethyl adjacent to an activating group) is 1. The molecule has 1 saturated heterocycles. The molecule has 1 atom stereocenters. The van der Waals surface area contributed by atoms with E-state index in [4.69, 9.17) is 5.11 Å². The average molecular weight is 375 g/mol. The van der Waals surface area contributed by atoms with Crippen molar-refractivity contribution < 1.29 is 29.1 Å². The van der Waals surface area contributed by atoms with E-state index in [1.807, 2.05) is 12.5 Å². The molecule has 0 saturated carbocycles. The number of amides is 2. The summed E-state index contributed by atoms with van der Waals surface area (Å²) >= 11 is 1.32. The van der Waals surface area contributed by atoms with E-state index in [1.165, 1.54) is 18.7 Å². The van der Waals surface area contributed by atoms with Gasteiger partial charge in [0.05, 0.1) is 18.8 Å². The lowest BCUT2D eigenvalue weighted by atomic mass is 10.1. The number of hydrogen-bond donors (Lipinski definition) is 2. The van der Waals surface area contributed by atoms with Crippen LogP contribution in [-0.4, -0.2) is 83.4 Å². The zero-order valence-electron chi connectivity index (χ0n) is 14.5. The lowest BCUT2D eigenvalue weighted by Crippen LogP contribution is -2.49. The number of nitrogens with one attached hydrogen (secondary N) is 1. The average Bonchev–Trinajstić information content (AvgIpc) is 2.55. The fourth-order valence-corrected chi connectivity index (χ4v) is 3.30. The fraction of sp³-hybridized carbons (Fsp3) is 0.733. The fourth-order valence-electron chi connectivity index (χ4n) is 2.27. The third-order valence-corrected chi connectivity index (χ3v) is 4.79. The van der Waals surface area contributed by atoms with Gasteiger partial charge in [-0.1, -0.05) is 0 Å². The van der Waals surface area contributed by atoms with Gasteiger partial charge in [0, 0.05) is 44.6 Å². The van der Waals surface area contributed by atoms with Gasteiger partial charge in [-0.2, -0.15) is 17.2 Å². The summed E-state index contributed by atoms with van der Waals surface area (Å²) in [5.41, 5.74) is 1.95. The minimum absolute atomic E-state index is 0.0629. The first kappa shape index (κ1) is 21.2. The van der Waals surface area contributed by atoms with Crippen molar-refractivity contribution in [1.82, 2.24) is 15.3 Å². The molecular weight excluding hydrogens is 350 g/mol. The third-order valence-electron chi connectivity index (χ3n) is 3.66. The minimum atomic E-state index is -1.02. The number of carbonyl (C=O) groups excluding carboxylic acids is 3. The number of carboxylic acid groups (broad SMARTS) is 1. The summed E-state index contributed by atoms with van der Waals surface area (Å²) < 4.78 is 0. The van der Waals surface area contributed by atoms with E-state index < -0.39 is 23.8 Å². The van der Waals surface area contributed by atoms with Crippen molar-refractivity contribution >= 4 is 35.5 Å². The molecule has 25 heavy (non-hydrogen) atoms. The summed E-state index contributed by atoms with van der Waals surface area (Å²) in [4.78, 5) is 53.9. The zero-order valence-corrected chi connectivity index (χ0v) is 15.3. The van der Waals surface area contributed by atoms with Gasteiger partial charge in [-0.25, -0.2) is 4.79 Å². The molecule has 142 valence electrons. The monoisotopic (exact) mass is 375 g/mol. The van der Waals surface area contributed by atoms with Gasteiger partial charge >= 0.3 is 11.9 Å². The molecular formula is C15H25N3O6S. The van der Waals surface area contributed by atoms with E-state index >= 15 is 0 Å². The van der Waals surface area contributed by atoms with Crippen LogP contribution in [0.4, 0.5) is 0 Å². The summed E-state index contributed by atoms with van der Waals surface area (Å²) in [6, 6.07) is 0. The second-order valence-electron chi connectivity index (χ2n) is 5.88. The van der Waals surface area contributed by atoms with Gasteiger partial charge in [0.2, 0.25) is 11.8 Å². The summed E-state index contributed by atoms with van der Waals surface area (Å²) in [7, 11) is 1.98. The van der Waals surface area contributed by atoms with Crippen LogP contribution in [0.5, 0.6) is 0 Å². The molecule has 9 nitrogen and oxygen atoms in total. The Balaban J connectivity index is 2.40. The summed E-state index contributed by atoms with van der Waals surface area (Å²) in [6.45, 7) is 3.96. The standard InChI is InChI=1S/C15H25N3O6S/c1-11(19)16-24-14(22)3-8-25-10-12(9-13(20)21)15(23)18-6-4-17(2)5-7-18/h12H,3-10H2,1-2H3,(H,16,19)(H,20,21)/t12-/m0/s1. The Morgan fingerprint density at radius 2 is 1.84 bits per heavy atom. The molecule has 1 fully saturated rings. The van der Waals surface area contributed by atoms with Crippen molar-refractivity contribution in [2.75, 3.05) is 44.7 Å². The van der Waals surface area contributed by atoms with Crippen LogP contribution >= 0.6 is 11.8 Å². The SMILES string of the molecule is CC(=O)NOC(=O)CCSC[C@H](CC(=O)O)C(=O)N1CCN(C)CC1.